The van der Waals surface area contributed by atoms with E-state index in [-0.39, 0.29) is 29.8 Å². The van der Waals surface area contributed by atoms with Crippen molar-refractivity contribution in [2.75, 3.05) is 7.05 Å². The van der Waals surface area contributed by atoms with Crippen LogP contribution >= 0.6 is 39.9 Å². The van der Waals surface area contributed by atoms with Gasteiger partial charge in [0.05, 0.1) is 0 Å². The first-order valence-corrected chi connectivity index (χ1v) is 6.77. The van der Waals surface area contributed by atoms with Crippen molar-refractivity contribution in [1.29, 1.82) is 0 Å². The minimum atomic E-state index is -0.218. The lowest BCUT2D eigenvalue weighted by Gasteiger charge is -2.16. The van der Waals surface area contributed by atoms with Crippen molar-refractivity contribution >= 4 is 45.9 Å². The van der Waals surface area contributed by atoms with Crippen molar-refractivity contribution in [3.8, 4) is 0 Å². The molecule has 0 fully saturated rings. The molecule has 6 heteroatoms. The van der Waals surface area contributed by atoms with Crippen LogP contribution in [-0.4, -0.2) is 19.0 Å². The van der Waals surface area contributed by atoms with Crippen molar-refractivity contribution in [2.45, 2.75) is 32.9 Å². The van der Waals surface area contributed by atoms with Crippen LogP contribution in [0.5, 0.6) is 0 Å². The standard InChI is InChI=1S/C13H19BrFN3.HI/c1-4-9(2)18-13(16-3)17-8-10-7-11(14)5-6-12(10)15;/h5-7,9H,4,8H2,1-3H3,(H2,16,17,18);1H. The largest absolute Gasteiger partial charge is 0.354 e. The van der Waals surface area contributed by atoms with Crippen LogP contribution in [0.2, 0.25) is 0 Å². The van der Waals surface area contributed by atoms with E-state index in [9.17, 15) is 4.39 Å². The molecule has 0 aliphatic carbocycles. The Morgan fingerprint density at radius 2 is 2.16 bits per heavy atom. The molecule has 0 aromatic heterocycles. The Labute approximate surface area is 139 Å². The monoisotopic (exact) mass is 443 g/mol. The molecule has 0 saturated heterocycles. The van der Waals surface area contributed by atoms with Gasteiger partial charge in [0.1, 0.15) is 5.82 Å². The summed E-state index contributed by atoms with van der Waals surface area (Å²) in [6, 6.07) is 5.24. The van der Waals surface area contributed by atoms with E-state index < -0.39 is 0 Å². The number of halogens is 3. The quantitative estimate of drug-likeness (QED) is 0.423. The van der Waals surface area contributed by atoms with Crippen LogP contribution in [0.1, 0.15) is 25.8 Å². The van der Waals surface area contributed by atoms with Crippen LogP contribution in [0.4, 0.5) is 4.39 Å². The third-order valence-corrected chi connectivity index (χ3v) is 3.17. The van der Waals surface area contributed by atoms with Gasteiger partial charge in [0.15, 0.2) is 5.96 Å². The third-order valence-electron chi connectivity index (χ3n) is 2.67. The summed E-state index contributed by atoms with van der Waals surface area (Å²) in [5.74, 6) is 0.466. The lowest BCUT2D eigenvalue weighted by molar-refractivity contribution is 0.597. The number of guanidine groups is 1. The first-order chi connectivity index (χ1) is 8.56. The second-order valence-electron chi connectivity index (χ2n) is 4.12. The number of hydrogen-bond acceptors (Lipinski definition) is 1. The normalized spacial score (nSPS) is 12.6. The van der Waals surface area contributed by atoms with Crippen molar-refractivity contribution in [3.63, 3.8) is 0 Å². The SMILES string of the molecule is CCC(C)NC(=NC)NCc1cc(Br)ccc1F.I. The van der Waals surface area contributed by atoms with Gasteiger partial charge >= 0.3 is 0 Å². The molecule has 3 nitrogen and oxygen atoms in total. The fraction of sp³-hybridized carbons (Fsp3) is 0.462. The van der Waals surface area contributed by atoms with Crippen molar-refractivity contribution in [3.05, 3.63) is 34.1 Å². The highest BCUT2D eigenvalue weighted by Crippen LogP contribution is 2.15. The molecule has 1 aromatic carbocycles. The van der Waals surface area contributed by atoms with E-state index in [0.717, 1.165) is 10.9 Å². The van der Waals surface area contributed by atoms with E-state index >= 15 is 0 Å². The molecule has 0 bridgehead atoms. The van der Waals surface area contributed by atoms with Crippen LogP contribution in [0.3, 0.4) is 0 Å². The maximum atomic E-state index is 13.5. The Kier molecular flexibility index (Phi) is 9.34. The molecule has 0 radical (unpaired) electrons. The lowest BCUT2D eigenvalue weighted by atomic mass is 10.2. The van der Waals surface area contributed by atoms with E-state index in [4.69, 9.17) is 0 Å². The van der Waals surface area contributed by atoms with Gasteiger partial charge in [0.25, 0.3) is 0 Å². The van der Waals surface area contributed by atoms with Gasteiger partial charge in [0, 0.05) is 29.7 Å². The summed E-state index contributed by atoms with van der Waals surface area (Å²) < 4.78 is 14.4. The predicted octanol–water partition coefficient (Wildman–Crippen LogP) is 3.67. The molecule has 0 spiro atoms. The van der Waals surface area contributed by atoms with Gasteiger partial charge in [-0.1, -0.05) is 22.9 Å². The Balaban J connectivity index is 0.00000324. The van der Waals surface area contributed by atoms with Crippen LogP contribution < -0.4 is 10.6 Å². The second kappa shape index (κ2) is 9.52. The Morgan fingerprint density at radius 3 is 2.74 bits per heavy atom. The third kappa shape index (κ3) is 6.56. The Morgan fingerprint density at radius 1 is 1.47 bits per heavy atom. The van der Waals surface area contributed by atoms with Gasteiger partial charge in [0.2, 0.25) is 0 Å². The molecule has 19 heavy (non-hydrogen) atoms. The molecule has 2 N–H and O–H groups in total. The summed E-state index contributed by atoms with van der Waals surface area (Å²) in [6.45, 7) is 4.58. The molecule has 1 aromatic rings. The fourth-order valence-corrected chi connectivity index (χ4v) is 1.80. The molecule has 0 heterocycles. The molecule has 1 atom stereocenters. The zero-order chi connectivity index (χ0) is 13.5. The summed E-state index contributed by atoms with van der Waals surface area (Å²) in [4.78, 5) is 4.10. The van der Waals surface area contributed by atoms with Gasteiger partial charge < -0.3 is 10.6 Å². The van der Waals surface area contributed by atoms with Crippen molar-refractivity contribution in [2.24, 2.45) is 4.99 Å². The molecule has 0 aliphatic heterocycles. The number of nitrogens with zero attached hydrogens (tertiary/aromatic N) is 1. The molecular weight excluding hydrogens is 424 g/mol. The van der Waals surface area contributed by atoms with Crippen LogP contribution in [0, 0.1) is 5.82 Å². The zero-order valence-corrected chi connectivity index (χ0v) is 15.3. The highest BCUT2D eigenvalue weighted by atomic mass is 127. The molecule has 0 aliphatic rings. The minimum absolute atomic E-state index is 0. The van der Waals surface area contributed by atoms with E-state index in [1.807, 2.05) is 0 Å². The molecule has 108 valence electrons. The molecular formula is C13H20BrFIN3. The van der Waals surface area contributed by atoms with Crippen LogP contribution in [-0.2, 0) is 6.54 Å². The number of rotatable bonds is 4. The maximum absolute atomic E-state index is 13.5. The van der Waals surface area contributed by atoms with Crippen molar-refractivity contribution < 1.29 is 4.39 Å². The van der Waals surface area contributed by atoms with Gasteiger partial charge in [-0.15, -0.1) is 24.0 Å². The van der Waals surface area contributed by atoms with Gasteiger partial charge in [-0.25, -0.2) is 4.39 Å². The highest BCUT2D eigenvalue weighted by molar-refractivity contribution is 14.0. The number of hydrogen-bond donors (Lipinski definition) is 2. The Bertz CT molecular complexity index is 426. The maximum Gasteiger partial charge on any atom is 0.191 e. The van der Waals surface area contributed by atoms with Crippen molar-refractivity contribution in [1.82, 2.24) is 10.6 Å². The minimum Gasteiger partial charge on any atom is -0.354 e. The van der Waals surface area contributed by atoms with Crippen LogP contribution in [0.25, 0.3) is 0 Å². The molecule has 0 amide bonds. The number of benzene rings is 1. The first-order valence-electron chi connectivity index (χ1n) is 5.98. The van der Waals surface area contributed by atoms with Crippen LogP contribution in [0.15, 0.2) is 27.7 Å². The molecule has 1 rings (SSSR count). The van der Waals surface area contributed by atoms with Gasteiger partial charge in [-0.3, -0.25) is 4.99 Å². The van der Waals surface area contributed by atoms with Gasteiger partial charge in [-0.2, -0.15) is 0 Å². The average molecular weight is 444 g/mol. The lowest BCUT2D eigenvalue weighted by Crippen LogP contribution is -2.41. The second-order valence-corrected chi connectivity index (χ2v) is 5.03. The highest BCUT2D eigenvalue weighted by Gasteiger charge is 2.06. The summed E-state index contributed by atoms with van der Waals surface area (Å²) in [7, 11) is 1.70. The van der Waals surface area contributed by atoms with E-state index in [1.165, 1.54) is 6.07 Å². The van der Waals surface area contributed by atoms with E-state index in [2.05, 4.69) is 45.4 Å². The molecule has 1 unspecified atom stereocenters. The average Bonchev–Trinajstić information content (AvgIpc) is 2.37. The van der Waals surface area contributed by atoms with Gasteiger partial charge in [-0.05, 0) is 31.5 Å². The zero-order valence-electron chi connectivity index (χ0n) is 11.3. The Hall–Kier alpha value is -0.370. The summed E-state index contributed by atoms with van der Waals surface area (Å²) in [5.41, 5.74) is 0.608. The first kappa shape index (κ1) is 18.6. The summed E-state index contributed by atoms with van der Waals surface area (Å²) >= 11 is 3.33. The fourth-order valence-electron chi connectivity index (χ4n) is 1.39. The van der Waals surface area contributed by atoms with E-state index in [0.29, 0.717) is 24.1 Å². The summed E-state index contributed by atoms with van der Waals surface area (Å²) in [6.07, 6.45) is 1.01. The smallest absolute Gasteiger partial charge is 0.191 e. The number of nitrogens with one attached hydrogen (secondary N) is 2. The topological polar surface area (TPSA) is 36.4 Å². The number of aliphatic imine (C=N–C) groups is 1. The predicted molar refractivity (Wildman–Crippen MR) is 92.6 cm³/mol. The molecule has 0 saturated carbocycles. The summed E-state index contributed by atoms with van der Waals surface area (Å²) in [5, 5.41) is 6.32. The van der Waals surface area contributed by atoms with E-state index in [1.54, 1.807) is 19.2 Å².